The molecule has 2 aromatic rings. The standard InChI is InChI=1S/C14H18N6O2/c21-20(22)12-13(18-11-5-3-1-2-4-6-11)16-9-17-14(12)19-8-7-15-10-19/h7-11H,1-6H2,(H,16,17,18). The van der Waals surface area contributed by atoms with Crippen molar-refractivity contribution in [1.82, 2.24) is 19.5 Å². The number of rotatable bonds is 4. The highest BCUT2D eigenvalue weighted by atomic mass is 16.6. The van der Waals surface area contributed by atoms with Gasteiger partial charge in [-0.1, -0.05) is 25.7 Å². The third-order valence-electron chi connectivity index (χ3n) is 3.93. The number of imidazole rings is 1. The third-order valence-corrected chi connectivity index (χ3v) is 3.93. The first-order valence-electron chi connectivity index (χ1n) is 7.50. The summed E-state index contributed by atoms with van der Waals surface area (Å²) in [6, 6.07) is 0.228. The van der Waals surface area contributed by atoms with E-state index in [9.17, 15) is 10.1 Å². The number of nitrogens with one attached hydrogen (secondary N) is 1. The minimum Gasteiger partial charge on any atom is -0.361 e. The smallest absolute Gasteiger partial charge is 0.354 e. The van der Waals surface area contributed by atoms with Gasteiger partial charge in [0.15, 0.2) is 0 Å². The number of aromatic nitrogens is 4. The van der Waals surface area contributed by atoms with Crippen molar-refractivity contribution in [2.45, 2.75) is 44.6 Å². The van der Waals surface area contributed by atoms with Gasteiger partial charge in [-0.15, -0.1) is 0 Å². The van der Waals surface area contributed by atoms with Gasteiger partial charge in [0.1, 0.15) is 12.7 Å². The maximum absolute atomic E-state index is 11.5. The lowest BCUT2D eigenvalue weighted by Gasteiger charge is -2.17. The summed E-state index contributed by atoms with van der Waals surface area (Å²) >= 11 is 0. The first-order valence-corrected chi connectivity index (χ1v) is 7.50. The van der Waals surface area contributed by atoms with E-state index in [1.165, 1.54) is 30.1 Å². The van der Waals surface area contributed by atoms with Crippen LogP contribution in [0.4, 0.5) is 11.5 Å². The van der Waals surface area contributed by atoms with Crippen molar-refractivity contribution in [2.24, 2.45) is 0 Å². The van der Waals surface area contributed by atoms with Gasteiger partial charge in [-0.05, 0) is 12.8 Å². The Morgan fingerprint density at radius 1 is 1.23 bits per heavy atom. The Kier molecular flexibility index (Phi) is 4.27. The fourth-order valence-electron chi connectivity index (χ4n) is 2.83. The van der Waals surface area contributed by atoms with Crippen LogP contribution in [0.5, 0.6) is 0 Å². The van der Waals surface area contributed by atoms with Gasteiger partial charge < -0.3 is 5.32 Å². The van der Waals surface area contributed by atoms with Crippen LogP contribution in [-0.4, -0.2) is 30.5 Å². The molecule has 1 N–H and O–H groups in total. The summed E-state index contributed by atoms with van der Waals surface area (Å²) < 4.78 is 1.53. The first-order chi connectivity index (χ1) is 10.8. The molecule has 0 saturated heterocycles. The second kappa shape index (κ2) is 6.50. The number of anilines is 1. The molecule has 0 aromatic carbocycles. The van der Waals surface area contributed by atoms with E-state index < -0.39 is 4.92 Å². The van der Waals surface area contributed by atoms with Gasteiger partial charge in [0.25, 0.3) is 0 Å². The van der Waals surface area contributed by atoms with Crippen LogP contribution in [0, 0.1) is 10.1 Å². The zero-order chi connectivity index (χ0) is 15.4. The number of hydrogen-bond donors (Lipinski definition) is 1. The average molecular weight is 302 g/mol. The molecule has 0 bridgehead atoms. The summed E-state index contributed by atoms with van der Waals surface area (Å²) in [7, 11) is 0. The van der Waals surface area contributed by atoms with E-state index in [2.05, 4.69) is 20.3 Å². The van der Waals surface area contributed by atoms with Crippen LogP contribution in [0.15, 0.2) is 25.0 Å². The zero-order valence-corrected chi connectivity index (χ0v) is 12.2. The molecule has 8 heteroatoms. The lowest BCUT2D eigenvalue weighted by atomic mass is 10.1. The molecule has 22 heavy (non-hydrogen) atoms. The lowest BCUT2D eigenvalue weighted by molar-refractivity contribution is -0.384. The Bertz CT molecular complexity index is 635. The highest BCUT2D eigenvalue weighted by Gasteiger charge is 2.26. The van der Waals surface area contributed by atoms with Crippen LogP contribution in [0.3, 0.4) is 0 Å². The van der Waals surface area contributed by atoms with Gasteiger partial charge in [0, 0.05) is 18.4 Å². The molecule has 0 unspecified atom stereocenters. The number of hydrogen-bond acceptors (Lipinski definition) is 6. The van der Waals surface area contributed by atoms with Crippen LogP contribution < -0.4 is 5.32 Å². The first kappa shape index (κ1) is 14.4. The Morgan fingerprint density at radius 2 is 2.00 bits per heavy atom. The van der Waals surface area contributed by atoms with E-state index in [-0.39, 0.29) is 23.4 Å². The molecule has 0 aliphatic heterocycles. The Balaban J connectivity index is 1.93. The van der Waals surface area contributed by atoms with Gasteiger partial charge in [-0.2, -0.15) is 0 Å². The van der Waals surface area contributed by atoms with Gasteiger partial charge in [0.2, 0.25) is 11.6 Å². The summed E-state index contributed by atoms with van der Waals surface area (Å²) in [4.78, 5) is 23.1. The van der Waals surface area contributed by atoms with Crippen molar-refractivity contribution in [3.63, 3.8) is 0 Å². The monoisotopic (exact) mass is 302 g/mol. The average Bonchev–Trinajstić information content (AvgIpc) is 2.92. The molecule has 0 amide bonds. The van der Waals surface area contributed by atoms with E-state index in [1.807, 2.05) is 0 Å². The second-order valence-corrected chi connectivity index (χ2v) is 5.45. The molecule has 0 radical (unpaired) electrons. The van der Waals surface area contributed by atoms with Crippen molar-refractivity contribution in [3.8, 4) is 5.82 Å². The maximum atomic E-state index is 11.5. The van der Waals surface area contributed by atoms with E-state index in [4.69, 9.17) is 0 Å². The van der Waals surface area contributed by atoms with Gasteiger partial charge in [-0.3, -0.25) is 14.7 Å². The van der Waals surface area contributed by atoms with E-state index in [0.717, 1.165) is 25.7 Å². The van der Waals surface area contributed by atoms with Crippen LogP contribution in [0.1, 0.15) is 38.5 Å². The molecule has 0 spiro atoms. The van der Waals surface area contributed by atoms with E-state index in [0.29, 0.717) is 0 Å². The molecule has 1 fully saturated rings. The number of nitrogens with zero attached hydrogens (tertiary/aromatic N) is 5. The SMILES string of the molecule is O=[N+]([O-])c1c(NC2CCCCCC2)ncnc1-n1ccnc1. The lowest BCUT2D eigenvalue weighted by Crippen LogP contribution is -2.20. The normalized spacial score (nSPS) is 16.2. The maximum Gasteiger partial charge on any atom is 0.354 e. The molecule has 1 saturated carbocycles. The van der Waals surface area contributed by atoms with Crippen molar-refractivity contribution in [1.29, 1.82) is 0 Å². The van der Waals surface area contributed by atoms with Crippen molar-refractivity contribution in [3.05, 3.63) is 35.2 Å². The minimum atomic E-state index is -0.436. The molecule has 1 aliphatic rings. The zero-order valence-electron chi connectivity index (χ0n) is 12.2. The predicted molar refractivity (Wildman–Crippen MR) is 80.9 cm³/mol. The molecule has 116 valence electrons. The Labute approximate surface area is 127 Å². The number of nitro groups is 1. The molecular weight excluding hydrogens is 284 g/mol. The molecule has 3 rings (SSSR count). The molecule has 0 atom stereocenters. The van der Waals surface area contributed by atoms with Crippen LogP contribution in [0.2, 0.25) is 0 Å². The van der Waals surface area contributed by atoms with Crippen LogP contribution in [-0.2, 0) is 0 Å². The van der Waals surface area contributed by atoms with Crippen LogP contribution >= 0.6 is 0 Å². The highest BCUT2D eigenvalue weighted by Crippen LogP contribution is 2.30. The topological polar surface area (TPSA) is 98.8 Å². The van der Waals surface area contributed by atoms with E-state index in [1.54, 1.807) is 12.4 Å². The van der Waals surface area contributed by atoms with Crippen molar-refractivity contribution >= 4 is 11.5 Å². The quantitative estimate of drug-likeness (QED) is 0.529. The Hall–Kier alpha value is -2.51. The summed E-state index contributed by atoms with van der Waals surface area (Å²) in [6.07, 6.45) is 12.8. The van der Waals surface area contributed by atoms with Gasteiger partial charge in [-0.25, -0.2) is 15.0 Å². The molecule has 2 heterocycles. The van der Waals surface area contributed by atoms with Crippen molar-refractivity contribution in [2.75, 3.05) is 5.32 Å². The summed E-state index contributed by atoms with van der Waals surface area (Å²) in [6.45, 7) is 0. The summed E-state index contributed by atoms with van der Waals surface area (Å²) in [5.41, 5.74) is -0.107. The minimum absolute atomic E-state index is 0.107. The highest BCUT2D eigenvalue weighted by molar-refractivity contribution is 5.64. The van der Waals surface area contributed by atoms with E-state index >= 15 is 0 Å². The Morgan fingerprint density at radius 3 is 2.64 bits per heavy atom. The third kappa shape index (κ3) is 3.05. The molecule has 1 aliphatic carbocycles. The van der Waals surface area contributed by atoms with Crippen LogP contribution in [0.25, 0.3) is 5.82 Å². The van der Waals surface area contributed by atoms with Gasteiger partial charge in [0.05, 0.1) is 4.92 Å². The molecular formula is C14H18N6O2. The summed E-state index contributed by atoms with van der Waals surface area (Å²) in [5, 5.41) is 14.7. The molecule has 8 nitrogen and oxygen atoms in total. The summed E-state index contributed by atoms with van der Waals surface area (Å²) in [5.74, 6) is 0.518. The second-order valence-electron chi connectivity index (χ2n) is 5.45. The fourth-order valence-corrected chi connectivity index (χ4v) is 2.83. The van der Waals surface area contributed by atoms with Gasteiger partial charge >= 0.3 is 5.69 Å². The fraction of sp³-hybridized carbons (Fsp3) is 0.500. The van der Waals surface area contributed by atoms with Crippen molar-refractivity contribution < 1.29 is 4.92 Å². The largest absolute Gasteiger partial charge is 0.361 e. The predicted octanol–water partition coefficient (Wildman–Crippen LogP) is 2.71. The molecule has 2 aromatic heterocycles.